The predicted octanol–water partition coefficient (Wildman–Crippen LogP) is 3.44. The fourth-order valence-electron chi connectivity index (χ4n) is 3.09. The van der Waals surface area contributed by atoms with Crippen molar-refractivity contribution in [3.8, 4) is 0 Å². The van der Waals surface area contributed by atoms with E-state index in [0.29, 0.717) is 23.1 Å². The molecule has 0 radical (unpaired) electrons. The van der Waals surface area contributed by atoms with Gasteiger partial charge in [0.15, 0.2) is 0 Å². The van der Waals surface area contributed by atoms with E-state index in [4.69, 9.17) is 27.9 Å². The first-order valence-corrected chi connectivity index (χ1v) is 12.9. The highest BCUT2D eigenvalue weighted by molar-refractivity contribution is 7.89. The van der Waals surface area contributed by atoms with Crippen molar-refractivity contribution >= 4 is 43.2 Å². The van der Waals surface area contributed by atoms with Crippen LogP contribution in [0.5, 0.6) is 0 Å². The van der Waals surface area contributed by atoms with Crippen LogP contribution >= 0.6 is 23.2 Å². The van der Waals surface area contributed by atoms with Gasteiger partial charge < -0.3 is 4.74 Å². The second kappa shape index (κ2) is 9.52. The highest BCUT2D eigenvalue weighted by atomic mass is 35.5. The Kier molecular flexibility index (Phi) is 7.44. The fraction of sp³-hybridized carbons (Fsp3) is 0.368. The van der Waals surface area contributed by atoms with Gasteiger partial charge in [-0.15, -0.1) is 0 Å². The van der Waals surface area contributed by atoms with Crippen LogP contribution in [0.1, 0.15) is 13.3 Å². The van der Waals surface area contributed by atoms with E-state index in [1.165, 1.54) is 57.1 Å². The molecular weight excluding hydrogens is 471 g/mol. The first-order valence-electron chi connectivity index (χ1n) is 9.31. The van der Waals surface area contributed by atoms with Crippen LogP contribution in [-0.4, -0.2) is 57.9 Å². The molecule has 0 aromatic heterocycles. The molecule has 1 heterocycles. The molecule has 0 bridgehead atoms. The van der Waals surface area contributed by atoms with Gasteiger partial charge in [0, 0.05) is 29.7 Å². The maximum absolute atomic E-state index is 13.2. The van der Waals surface area contributed by atoms with Crippen LogP contribution in [0, 0.1) is 0 Å². The average Bonchev–Trinajstić information content (AvgIpc) is 2.72. The topological polar surface area (TPSA) is 84.0 Å². The van der Waals surface area contributed by atoms with Gasteiger partial charge in [-0.05, 0) is 55.0 Å². The van der Waals surface area contributed by atoms with E-state index < -0.39 is 26.3 Å². The molecule has 11 heteroatoms. The van der Waals surface area contributed by atoms with E-state index in [0.717, 1.165) is 0 Å². The number of sulfonamides is 2. The number of nitrogens with zero attached hydrogens (tertiary/aromatic N) is 2. The summed E-state index contributed by atoms with van der Waals surface area (Å²) in [5, 5.41) is 0.851. The monoisotopic (exact) mass is 492 g/mol. The van der Waals surface area contributed by atoms with Crippen molar-refractivity contribution in [2.24, 2.45) is 0 Å². The maximum atomic E-state index is 13.2. The van der Waals surface area contributed by atoms with Crippen molar-refractivity contribution in [2.45, 2.75) is 29.4 Å². The van der Waals surface area contributed by atoms with Crippen molar-refractivity contribution in [1.29, 1.82) is 0 Å². The van der Waals surface area contributed by atoms with Crippen LogP contribution in [0.4, 0.5) is 0 Å². The summed E-state index contributed by atoms with van der Waals surface area (Å²) in [6.45, 7) is 2.04. The summed E-state index contributed by atoms with van der Waals surface area (Å²) in [4.78, 5) is 0.168. The van der Waals surface area contributed by atoms with Gasteiger partial charge in [0.25, 0.3) is 0 Å². The predicted molar refractivity (Wildman–Crippen MR) is 116 cm³/mol. The van der Waals surface area contributed by atoms with E-state index >= 15 is 0 Å². The van der Waals surface area contributed by atoms with E-state index in [-0.39, 0.29) is 29.4 Å². The van der Waals surface area contributed by atoms with Crippen molar-refractivity contribution in [3.05, 3.63) is 58.6 Å². The third kappa shape index (κ3) is 4.99. The Hall–Kier alpha value is -1.20. The second-order valence-electron chi connectivity index (χ2n) is 6.71. The molecule has 2 aromatic rings. The Balaban J connectivity index is 1.88. The molecule has 1 atom stereocenters. The molecule has 0 saturated carbocycles. The number of ether oxygens (including phenoxy) is 1. The average molecular weight is 493 g/mol. The summed E-state index contributed by atoms with van der Waals surface area (Å²) in [6.07, 6.45) is -0.281. The van der Waals surface area contributed by atoms with Gasteiger partial charge in [0.05, 0.1) is 16.3 Å². The Bertz CT molecular complexity index is 1070. The number of rotatable bonds is 7. The number of hydrogen-bond donors (Lipinski definition) is 0. The lowest BCUT2D eigenvalue weighted by atomic mass is 10.4. The summed E-state index contributed by atoms with van der Waals surface area (Å²) < 4.78 is 60.6. The minimum absolute atomic E-state index is 0.00373. The molecule has 1 saturated heterocycles. The van der Waals surface area contributed by atoms with Crippen LogP contribution in [0.15, 0.2) is 58.3 Å². The largest absolute Gasteiger partial charge is 0.361 e. The fourth-order valence-corrected chi connectivity index (χ4v) is 6.28. The molecule has 164 valence electrons. The summed E-state index contributed by atoms with van der Waals surface area (Å²) in [5.74, 6) is 0. The molecule has 7 nitrogen and oxygen atoms in total. The third-order valence-electron chi connectivity index (χ3n) is 4.64. The van der Waals surface area contributed by atoms with Crippen molar-refractivity contribution < 1.29 is 21.6 Å². The molecule has 3 rings (SSSR count). The number of piperazine rings is 1. The van der Waals surface area contributed by atoms with Crippen molar-refractivity contribution in [3.63, 3.8) is 0 Å². The molecular formula is C19H22Cl2N2O5S2. The first kappa shape index (κ1) is 23.5. The van der Waals surface area contributed by atoms with Crippen LogP contribution in [0.3, 0.4) is 0 Å². The molecule has 1 fully saturated rings. The van der Waals surface area contributed by atoms with Crippen LogP contribution < -0.4 is 0 Å². The molecule has 0 aliphatic carbocycles. The molecule has 1 aliphatic rings. The molecule has 30 heavy (non-hydrogen) atoms. The minimum atomic E-state index is -3.89. The number of halogens is 2. The van der Waals surface area contributed by atoms with Gasteiger partial charge in [-0.3, -0.25) is 0 Å². The smallest absolute Gasteiger partial charge is 0.245 e. The number of hydrogen-bond acceptors (Lipinski definition) is 5. The van der Waals surface area contributed by atoms with E-state index in [1.54, 1.807) is 0 Å². The van der Waals surface area contributed by atoms with Gasteiger partial charge >= 0.3 is 0 Å². The molecule has 1 unspecified atom stereocenters. The summed E-state index contributed by atoms with van der Waals surface area (Å²) >= 11 is 11.7. The van der Waals surface area contributed by atoms with E-state index in [9.17, 15) is 16.8 Å². The van der Waals surface area contributed by atoms with Crippen molar-refractivity contribution in [1.82, 2.24) is 8.61 Å². The summed E-state index contributed by atoms with van der Waals surface area (Å²) in [7, 11) is -7.71. The quantitative estimate of drug-likeness (QED) is 0.590. The molecule has 0 spiro atoms. The van der Waals surface area contributed by atoms with Gasteiger partial charge in [-0.2, -0.15) is 8.61 Å². The zero-order chi connectivity index (χ0) is 21.9. The molecule has 2 aromatic carbocycles. The lowest BCUT2D eigenvalue weighted by Gasteiger charge is -2.39. The highest BCUT2D eigenvalue weighted by Crippen LogP contribution is 2.27. The Morgan fingerprint density at radius 2 is 1.37 bits per heavy atom. The summed E-state index contributed by atoms with van der Waals surface area (Å²) in [5.41, 5.74) is 0. The van der Waals surface area contributed by atoms with Gasteiger partial charge in [0.2, 0.25) is 20.0 Å². The van der Waals surface area contributed by atoms with Gasteiger partial charge in [-0.1, -0.05) is 30.1 Å². The van der Waals surface area contributed by atoms with E-state index in [1.807, 2.05) is 6.92 Å². The Labute approximate surface area is 187 Å². The lowest BCUT2D eigenvalue weighted by Crippen LogP contribution is -2.57. The second-order valence-corrected chi connectivity index (χ2v) is 11.4. The maximum Gasteiger partial charge on any atom is 0.245 e. The van der Waals surface area contributed by atoms with Gasteiger partial charge in [0.1, 0.15) is 6.23 Å². The Morgan fingerprint density at radius 1 is 0.867 bits per heavy atom. The van der Waals surface area contributed by atoms with Gasteiger partial charge in [-0.25, -0.2) is 16.8 Å². The molecule has 0 N–H and O–H groups in total. The zero-order valence-electron chi connectivity index (χ0n) is 16.2. The normalized spacial score (nSPS) is 19.1. The zero-order valence-corrected chi connectivity index (χ0v) is 19.4. The first-order chi connectivity index (χ1) is 14.2. The standard InChI is InChI=1S/C19H22Cl2N2O5S2/c1-2-13-28-19-14-22(29(24,25)17-7-3-15(20)4-8-17)11-12-23(19)30(26,27)18-9-5-16(21)6-10-18/h3-10,19H,2,11-14H2,1H3. The minimum Gasteiger partial charge on any atom is -0.361 e. The molecule has 0 amide bonds. The molecule has 1 aliphatic heterocycles. The highest BCUT2D eigenvalue weighted by Gasteiger charge is 2.40. The summed E-state index contributed by atoms with van der Waals surface area (Å²) in [6, 6.07) is 11.7. The lowest BCUT2D eigenvalue weighted by molar-refractivity contribution is -0.0467. The van der Waals surface area contributed by atoms with Crippen molar-refractivity contribution in [2.75, 3.05) is 26.2 Å². The third-order valence-corrected chi connectivity index (χ3v) is 8.92. The van der Waals surface area contributed by atoms with Crippen LogP contribution in [0.25, 0.3) is 0 Å². The number of benzene rings is 2. The Morgan fingerprint density at radius 3 is 1.87 bits per heavy atom. The van der Waals surface area contributed by atoms with Crippen LogP contribution in [-0.2, 0) is 24.8 Å². The SMILES string of the molecule is CCCOC1CN(S(=O)(=O)c2ccc(Cl)cc2)CCN1S(=O)(=O)c1ccc(Cl)cc1. The van der Waals surface area contributed by atoms with E-state index in [2.05, 4.69) is 0 Å². The van der Waals surface area contributed by atoms with Crippen LogP contribution in [0.2, 0.25) is 10.0 Å².